The van der Waals surface area contributed by atoms with E-state index in [1.165, 1.54) is 4.68 Å². The molecule has 1 atom stereocenters. The maximum absolute atomic E-state index is 13.1. The van der Waals surface area contributed by atoms with Crippen molar-refractivity contribution >= 4 is 61.8 Å². The van der Waals surface area contributed by atoms with Gasteiger partial charge in [-0.15, -0.1) is 0 Å². The zero-order chi connectivity index (χ0) is 22.7. The highest BCUT2D eigenvalue weighted by atomic mass is 79.9. The summed E-state index contributed by atoms with van der Waals surface area (Å²) in [6.45, 7) is 5.58. The summed E-state index contributed by atoms with van der Waals surface area (Å²) in [7, 11) is 0. The van der Waals surface area contributed by atoms with Crippen LogP contribution in [-0.2, 0) is 9.59 Å². The fourth-order valence-corrected chi connectivity index (χ4v) is 3.63. The van der Waals surface area contributed by atoms with Crippen LogP contribution in [0.3, 0.4) is 0 Å². The number of hydrogen-bond acceptors (Lipinski definition) is 3. The molecule has 3 rings (SSSR count). The van der Waals surface area contributed by atoms with Gasteiger partial charge in [-0.2, -0.15) is 0 Å². The largest absolute Gasteiger partial charge is 0.345 e. The summed E-state index contributed by atoms with van der Waals surface area (Å²) in [5.41, 5.74) is 4.71. The molecule has 0 spiro atoms. The molecule has 0 saturated carbocycles. The van der Waals surface area contributed by atoms with Crippen molar-refractivity contribution < 1.29 is 14.4 Å². The van der Waals surface area contributed by atoms with Gasteiger partial charge in [0.1, 0.15) is 5.69 Å². The first-order valence-corrected chi connectivity index (χ1v) is 10.9. The van der Waals surface area contributed by atoms with Crippen LogP contribution in [0.15, 0.2) is 46.9 Å². The smallest absolute Gasteiger partial charge is 0.328 e. The van der Waals surface area contributed by atoms with Crippen LogP contribution in [0.5, 0.6) is 0 Å². The summed E-state index contributed by atoms with van der Waals surface area (Å²) in [4.78, 5) is 37.8. The Bertz CT molecular complexity index is 1180. The molecule has 0 fully saturated rings. The molecule has 0 radical (unpaired) electrons. The molecule has 0 aliphatic carbocycles. The second kappa shape index (κ2) is 9.53. The van der Waals surface area contributed by atoms with E-state index in [1.54, 1.807) is 37.3 Å². The van der Waals surface area contributed by atoms with Gasteiger partial charge in [0.15, 0.2) is 0 Å². The van der Waals surface area contributed by atoms with Crippen LogP contribution in [-0.4, -0.2) is 28.4 Å². The summed E-state index contributed by atoms with van der Waals surface area (Å²) >= 11 is 9.49. The third kappa shape index (κ3) is 5.26. The Morgan fingerprint density at radius 1 is 1.10 bits per heavy atom. The van der Waals surface area contributed by atoms with Gasteiger partial charge in [-0.25, -0.2) is 4.68 Å². The minimum Gasteiger partial charge on any atom is -0.345 e. The lowest BCUT2D eigenvalue weighted by atomic mass is 10.2. The molecule has 3 aromatic rings. The molecule has 7 nitrogen and oxygen atoms in total. The van der Waals surface area contributed by atoms with Crippen molar-refractivity contribution in [3.8, 4) is 0 Å². The first-order chi connectivity index (χ1) is 14.7. The van der Waals surface area contributed by atoms with Gasteiger partial charge in [-0.1, -0.05) is 34.5 Å². The normalized spacial score (nSPS) is 11.8. The predicted octanol–water partition coefficient (Wildman–Crippen LogP) is 4.60. The highest BCUT2D eigenvalue weighted by molar-refractivity contribution is 9.10. The minimum atomic E-state index is -0.873. The van der Waals surface area contributed by atoms with Crippen LogP contribution < -0.4 is 16.1 Å². The molecule has 1 aromatic heterocycles. The van der Waals surface area contributed by atoms with E-state index in [4.69, 9.17) is 11.6 Å². The van der Waals surface area contributed by atoms with E-state index in [0.717, 1.165) is 10.0 Å². The number of aryl methyl sites for hydroxylation is 1. The van der Waals surface area contributed by atoms with Crippen molar-refractivity contribution in [2.45, 2.75) is 33.2 Å². The molecule has 0 saturated heterocycles. The predicted molar refractivity (Wildman–Crippen MR) is 126 cm³/mol. The first kappa shape index (κ1) is 22.8. The SMILES string of the molecule is CC[C@H](C)NC(=O)C(=O)Nn1c(C(=O)Nc2ccc(Br)cc2C)cc2cc(Cl)ccc21. The van der Waals surface area contributed by atoms with E-state index in [9.17, 15) is 14.4 Å². The van der Waals surface area contributed by atoms with E-state index in [2.05, 4.69) is 32.0 Å². The number of aromatic nitrogens is 1. The Morgan fingerprint density at radius 3 is 2.52 bits per heavy atom. The van der Waals surface area contributed by atoms with Crippen LogP contribution in [0.1, 0.15) is 36.3 Å². The zero-order valence-electron chi connectivity index (χ0n) is 17.3. The fraction of sp³-hybridized carbons (Fsp3) is 0.227. The molecule has 0 unspecified atom stereocenters. The molecule has 2 aromatic carbocycles. The number of nitrogens with zero attached hydrogens (tertiary/aromatic N) is 1. The third-order valence-corrected chi connectivity index (χ3v) is 5.57. The van der Waals surface area contributed by atoms with Gasteiger partial charge >= 0.3 is 11.8 Å². The van der Waals surface area contributed by atoms with Crippen LogP contribution in [0.4, 0.5) is 5.69 Å². The van der Waals surface area contributed by atoms with Crippen molar-refractivity contribution in [1.29, 1.82) is 0 Å². The molecule has 0 aliphatic heterocycles. The van der Waals surface area contributed by atoms with E-state index in [1.807, 2.05) is 26.0 Å². The molecule has 1 heterocycles. The Kier molecular flexibility index (Phi) is 7.02. The third-order valence-electron chi connectivity index (χ3n) is 4.84. The van der Waals surface area contributed by atoms with Gasteiger partial charge in [0.05, 0.1) is 5.52 Å². The quantitative estimate of drug-likeness (QED) is 0.442. The van der Waals surface area contributed by atoms with E-state index in [0.29, 0.717) is 28.0 Å². The lowest BCUT2D eigenvalue weighted by molar-refractivity contribution is -0.137. The number of anilines is 1. The van der Waals surface area contributed by atoms with Crippen molar-refractivity contribution in [2.75, 3.05) is 10.7 Å². The average Bonchev–Trinajstić information content (AvgIpc) is 3.07. The summed E-state index contributed by atoms with van der Waals surface area (Å²) in [6, 6.07) is 11.9. The molecule has 3 N–H and O–H groups in total. The second-order valence-electron chi connectivity index (χ2n) is 7.21. The van der Waals surface area contributed by atoms with Crippen LogP contribution in [0.25, 0.3) is 10.9 Å². The van der Waals surface area contributed by atoms with E-state index in [-0.39, 0.29) is 11.7 Å². The first-order valence-electron chi connectivity index (χ1n) is 9.70. The Morgan fingerprint density at radius 2 is 1.84 bits per heavy atom. The number of halogens is 2. The molecular formula is C22H22BrClN4O3. The number of nitrogens with one attached hydrogen (secondary N) is 3. The molecule has 31 heavy (non-hydrogen) atoms. The van der Waals surface area contributed by atoms with E-state index >= 15 is 0 Å². The lowest BCUT2D eigenvalue weighted by Gasteiger charge is -2.15. The molecule has 9 heteroatoms. The Balaban J connectivity index is 1.95. The topological polar surface area (TPSA) is 92.2 Å². The molecule has 162 valence electrons. The van der Waals surface area contributed by atoms with Gasteiger partial charge in [0.25, 0.3) is 5.91 Å². The Hall–Kier alpha value is -2.84. The van der Waals surface area contributed by atoms with Gasteiger partial charge in [0, 0.05) is 26.6 Å². The summed E-state index contributed by atoms with van der Waals surface area (Å²) in [5, 5.41) is 6.59. The Labute approximate surface area is 193 Å². The average molecular weight is 506 g/mol. The van der Waals surface area contributed by atoms with Crippen LogP contribution >= 0.6 is 27.5 Å². The molecule has 0 aliphatic rings. The number of amides is 3. The van der Waals surface area contributed by atoms with Crippen molar-refractivity contribution in [2.24, 2.45) is 0 Å². The van der Waals surface area contributed by atoms with Crippen molar-refractivity contribution in [1.82, 2.24) is 9.99 Å². The van der Waals surface area contributed by atoms with Crippen LogP contribution in [0.2, 0.25) is 5.02 Å². The van der Waals surface area contributed by atoms with Crippen LogP contribution in [0, 0.1) is 6.92 Å². The van der Waals surface area contributed by atoms with E-state index < -0.39 is 17.7 Å². The summed E-state index contributed by atoms with van der Waals surface area (Å²) in [5.74, 6) is -2.10. The second-order valence-corrected chi connectivity index (χ2v) is 8.56. The maximum atomic E-state index is 13.1. The molecule has 0 bridgehead atoms. The van der Waals surface area contributed by atoms with Crippen molar-refractivity contribution in [3.63, 3.8) is 0 Å². The van der Waals surface area contributed by atoms with Crippen molar-refractivity contribution in [3.05, 3.63) is 63.2 Å². The summed E-state index contributed by atoms with van der Waals surface area (Å²) in [6.07, 6.45) is 0.685. The highest BCUT2D eigenvalue weighted by Crippen LogP contribution is 2.25. The minimum absolute atomic E-state index is 0.151. The van der Waals surface area contributed by atoms with Gasteiger partial charge < -0.3 is 10.6 Å². The number of carbonyl (C=O) groups excluding carboxylic acids is 3. The summed E-state index contributed by atoms with van der Waals surface area (Å²) < 4.78 is 2.19. The maximum Gasteiger partial charge on any atom is 0.328 e. The van der Waals surface area contributed by atoms with Gasteiger partial charge in [-0.3, -0.25) is 19.8 Å². The van der Waals surface area contributed by atoms with Gasteiger partial charge in [0.2, 0.25) is 0 Å². The monoisotopic (exact) mass is 504 g/mol. The zero-order valence-corrected chi connectivity index (χ0v) is 19.6. The number of carbonyl (C=O) groups is 3. The van der Waals surface area contributed by atoms with Gasteiger partial charge in [-0.05, 0) is 68.3 Å². The number of hydrogen-bond donors (Lipinski definition) is 3. The number of benzene rings is 2. The number of rotatable bonds is 5. The molecule has 3 amide bonds. The lowest BCUT2D eigenvalue weighted by Crippen LogP contribution is -2.43. The highest BCUT2D eigenvalue weighted by Gasteiger charge is 2.22. The fourth-order valence-electron chi connectivity index (χ4n) is 2.97. The number of fused-ring (bicyclic) bond motifs is 1. The standard InChI is InChI=1S/C22H22BrClN4O3/c1-4-13(3)25-21(30)22(31)27-28-18-8-6-16(24)10-14(18)11-19(28)20(29)26-17-7-5-15(23)9-12(17)2/h5-11,13H,4H2,1-3H3,(H,25,30)(H,26,29)(H,27,31)/t13-/m0/s1. The molecular weight excluding hydrogens is 484 g/mol.